The number of fused-ring (bicyclic) bond motifs is 14. The first-order valence-electron chi connectivity index (χ1n) is 12.3. The Morgan fingerprint density at radius 3 is 2.21 bits per heavy atom. The van der Waals surface area contributed by atoms with Crippen LogP contribution in [0.2, 0.25) is 0 Å². The molecular weight excluding hydrogens is 398 g/mol. The molecule has 1 nitrogen and oxygen atoms in total. The molecule has 1 spiro atoms. The molecule has 5 aromatic carbocycles. The number of hydrogen-bond acceptors (Lipinski definition) is 0. The third-order valence-electron chi connectivity index (χ3n) is 8.55. The van der Waals surface area contributed by atoms with Gasteiger partial charge in [-0.2, -0.15) is 0 Å². The van der Waals surface area contributed by atoms with Crippen LogP contribution >= 0.6 is 0 Å². The highest BCUT2D eigenvalue weighted by atomic mass is 14.7. The Hall–Kier alpha value is -3.58. The molecule has 0 amide bonds. The quantitative estimate of drug-likeness (QED) is 0.251. The molecule has 1 saturated carbocycles. The summed E-state index contributed by atoms with van der Waals surface area (Å²) in [4.78, 5) is 3.89. The van der Waals surface area contributed by atoms with Gasteiger partial charge in [0.2, 0.25) is 0 Å². The summed E-state index contributed by atoms with van der Waals surface area (Å²) in [5.74, 6) is 0. The fourth-order valence-electron chi connectivity index (χ4n) is 7.28. The third kappa shape index (κ3) is 2.13. The van der Waals surface area contributed by atoms with Crippen LogP contribution in [0.25, 0.3) is 54.5 Å². The highest BCUT2D eigenvalue weighted by molar-refractivity contribution is 6.29. The summed E-state index contributed by atoms with van der Waals surface area (Å²) < 4.78 is 0. The topological polar surface area (TPSA) is 15.8 Å². The second-order valence-electron chi connectivity index (χ2n) is 10.1. The smallest absolute Gasteiger partial charge is 0.0548 e. The van der Waals surface area contributed by atoms with Gasteiger partial charge in [0.05, 0.1) is 5.52 Å². The van der Waals surface area contributed by atoms with Crippen LogP contribution in [-0.2, 0) is 5.41 Å². The molecule has 1 heterocycles. The maximum Gasteiger partial charge on any atom is 0.0548 e. The highest BCUT2D eigenvalue weighted by Crippen LogP contribution is 2.60. The fraction of sp³-hybridized carbons (Fsp3) is 0.188. The number of hydrogen-bond donors (Lipinski definition) is 1. The molecular formula is C32H25N. The molecule has 1 aromatic heterocycles. The van der Waals surface area contributed by atoms with Gasteiger partial charge in [-0.05, 0) is 57.3 Å². The molecule has 8 rings (SSSR count). The van der Waals surface area contributed by atoms with Crippen molar-refractivity contribution >= 4 is 43.4 Å². The van der Waals surface area contributed by atoms with Gasteiger partial charge in [-0.25, -0.2) is 0 Å². The van der Waals surface area contributed by atoms with Gasteiger partial charge in [0.25, 0.3) is 0 Å². The van der Waals surface area contributed by atoms with E-state index in [0.717, 1.165) is 0 Å². The van der Waals surface area contributed by atoms with Crippen molar-refractivity contribution in [2.45, 2.75) is 37.5 Å². The lowest BCUT2D eigenvalue weighted by Crippen LogP contribution is -2.28. The van der Waals surface area contributed by atoms with Crippen LogP contribution in [0.1, 0.15) is 43.2 Å². The Bertz CT molecular complexity index is 1740. The number of benzene rings is 5. The van der Waals surface area contributed by atoms with Crippen molar-refractivity contribution in [3.05, 3.63) is 96.1 Å². The van der Waals surface area contributed by atoms with Crippen LogP contribution in [0, 0.1) is 0 Å². The summed E-state index contributed by atoms with van der Waals surface area (Å²) in [6, 6.07) is 31.8. The second kappa shape index (κ2) is 6.26. The zero-order chi connectivity index (χ0) is 21.6. The van der Waals surface area contributed by atoms with E-state index in [1.54, 1.807) is 11.1 Å². The van der Waals surface area contributed by atoms with E-state index in [-0.39, 0.29) is 5.41 Å². The standard InChI is InChI=1S/C32H25N/c1-8-18-32(19-9-1)25-15-7-6-14-24(25)27-22-12-4-5-13-23(22)31-29(30(27)32)28-21-11-3-2-10-20(21)16-17-26(28)33-31/h2-7,10-17,33H,1,8-9,18-19H2. The molecule has 0 unspecified atom stereocenters. The van der Waals surface area contributed by atoms with Crippen molar-refractivity contribution in [2.24, 2.45) is 0 Å². The number of rotatable bonds is 0. The minimum Gasteiger partial charge on any atom is -0.354 e. The Kier molecular flexibility index (Phi) is 3.40. The van der Waals surface area contributed by atoms with E-state index < -0.39 is 0 Å². The lowest BCUT2D eigenvalue weighted by molar-refractivity contribution is 0.355. The summed E-state index contributed by atoms with van der Waals surface area (Å²) in [5, 5.41) is 8.29. The Balaban J connectivity index is 1.70. The molecule has 1 fully saturated rings. The molecule has 1 heteroatoms. The monoisotopic (exact) mass is 423 g/mol. The van der Waals surface area contributed by atoms with Crippen molar-refractivity contribution in [2.75, 3.05) is 0 Å². The van der Waals surface area contributed by atoms with E-state index in [4.69, 9.17) is 0 Å². The van der Waals surface area contributed by atoms with Gasteiger partial charge in [0.1, 0.15) is 0 Å². The van der Waals surface area contributed by atoms with Crippen molar-refractivity contribution in [1.82, 2.24) is 4.98 Å². The van der Waals surface area contributed by atoms with E-state index in [9.17, 15) is 0 Å². The zero-order valence-corrected chi connectivity index (χ0v) is 18.6. The minimum atomic E-state index is 0.124. The van der Waals surface area contributed by atoms with Crippen molar-refractivity contribution < 1.29 is 0 Å². The molecule has 2 aliphatic carbocycles. The first-order chi connectivity index (χ1) is 16.4. The Labute approximate surface area is 193 Å². The van der Waals surface area contributed by atoms with E-state index in [2.05, 4.69) is 89.9 Å². The lowest BCUT2D eigenvalue weighted by Gasteiger charge is -2.36. The van der Waals surface area contributed by atoms with Crippen molar-refractivity contribution in [1.29, 1.82) is 0 Å². The maximum absolute atomic E-state index is 3.89. The summed E-state index contributed by atoms with van der Waals surface area (Å²) in [6.45, 7) is 0. The molecule has 0 radical (unpaired) electrons. The van der Waals surface area contributed by atoms with Gasteiger partial charge < -0.3 is 4.98 Å². The molecule has 0 bridgehead atoms. The molecule has 0 aliphatic heterocycles. The summed E-state index contributed by atoms with van der Waals surface area (Å²) in [6.07, 6.45) is 6.48. The molecule has 33 heavy (non-hydrogen) atoms. The maximum atomic E-state index is 3.89. The van der Waals surface area contributed by atoms with Crippen LogP contribution < -0.4 is 0 Å². The highest BCUT2D eigenvalue weighted by Gasteiger charge is 2.46. The molecule has 0 saturated heterocycles. The van der Waals surface area contributed by atoms with Gasteiger partial charge in [-0.15, -0.1) is 0 Å². The van der Waals surface area contributed by atoms with Crippen LogP contribution in [0.5, 0.6) is 0 Å². The predicted molar refractivity (Wildman–Crippen MR) is 140 cm³/mol. The number of H-pyrrole nitrogens is 1. The molecule has 1 N–H and O–H groups in total. The van der Waals surface area contributed by atoms with Crippen molar-refractivity contribution in [3.63, 3.8) is 0 Å². The van der Waals surface area contributed by atoms with Gasteiger partial charge in [0, 0.05) is 27.1 Å². The van der Waals surface area contributed by atoms with E-state index >= 15 is 0 Å². The van der Waals surface area contributed by atoms with Crippen molar-refractivity contribution in [3.8, 4) is 11.1 Å². The molecule has 158 valence electrons. The number of aromatic nitrogens is 1. The summed E-state index contributed by atoms with van der Waals surface area (Å²) in [7, 11) is 0. The Morgan fingerprint density at radius 1 is 0.606 bits per heavy atom. The van der Waals surface area contributed by atoms with E-state index in [0.29, 0.717) is 0 Å². The molecule has 0 atom stereocenters. The first-order valence-corrected chi connectivity index (χ1v) is 12.3. The van der Waals surface area contributed by atoms with Gasteiger partial charge in [-0.1, -0.05) is 98.1 Å². The minimum absolute atomic E-state index is 0.124. The average molecular weight is 424 g/mol. The molecule has 2 aliphatic rings. The Morgan fingerprint density at radius 2 is 1.33 bits per heavy atom. The second-order valence-corrected chi connectivity index (χ2v) is 10.1. The zero-order valence-electron chi connectivity index (χ0n) is 18.6. The summed E-state index contributed by atoms with van der Waals surface area (Å²) in [5.41, 5.74) is 8.80. The van der Waals surface area contributed by atoms with Crippen LogP contribution in [0.15, 0.2) is 84.9 Å². The average Bonchev–Trinajstić information content (AvgIpc) is 3.40. The predicted octanol–water partition coefficient (Wildman–Crippen LogP) is 8.86. The SMILES string of the molecule is c1ccc2c(c1)-c1c(c3c([nH]c4ccc5ccccc5c43)c3ccccc13)C21CCCCC1. The van der Waals surface area contributed by atoms with E-state index in [1.165, 1.54) is 86.6 Å². The van der Waals surface area contributed by atoms with Crippen LogP contribution in [0.4, 0.5) is 0 Å². The van der Waals surface area contributed by atoms with Crippen LogP contribution in [-0.4, -0.2) is 4.98 Å². The normalized spacial score (nSPS) is 16.7. The third-order valence-corrected chi connectivity index (χ3v) is 8.55. The summed E-state index contributed by atoms with van der Waals surface area (Å²) >= 11 is 0. The lowest BCUT2D eigenvalue weighted by atomic mass is 9.66. The fourth-order valence-corrected chi connectivity index (χ4v) is 7.28. The molecule has 6 aromatic rings. The van der Waals surface area contributed by atoms with Crippen LogP contribution in [0.3, 0.4) is 0 Å². The largest absolute Gasteiger partial charge is 0.354 e. The number of aromatic amines is 1. The first kappa shape index (κ1) is 17.9. The van der Waals surface area contributed by atoms with Gasteiger partial charge >= 0.3 is 0 Å². The van der Waals surface area contributed by atoms with Gasteiger partial charge in [0.15, 0.2) is 0 Å². The van der Waals surface area contributed by atoms with E-state index in [1.807, 2.05) is 0 Å². The van der Waals surface area contributed by atoms with Gasteiger partial charge in [-0.3, -0.25) is 0 Å². The number of nitrogens with one attached hydrogen (secondary N) is 1.